The second-order valence-electron chi connectivity index (χ2n) is 7.24. The minimum Gasteiger partial charge on any atom is -0.268 e. The quantitative estimate of drug-likeness (QED) is 0.452. The molecule has 1 aliphatic rings. The van der Waals surface area contributed by atoms with Crippen molar-refractivity contribution in [2.75, 3.05) is 17.8 Å². The summed E-state index contributed by atoms with van der Waals surface area (Å²) in [5, 5.41) is 1.30. The van der Waals surface area contributed by atoms with E-state index < -0.39 is 9.84 Å². The average molecular weight is 435 g/mol. The van der Waals surface area contributed by atoms with Gasteiger partial charge in [-0.2, -0.15) is 0 Å². The maximum atomic E-state index is 13.5. The van der Waals surface area contributed by atoms with Crippen molar-refractivity contribution in [1.29, 1.82) is 0 Å². The molecule has 0 amide bonds. The number of fused-ring (bicyclic) bond motifs is 3. The molecular formula is C20H22N2O3S3. The van der Waals surface area contributed by atoms with Crippen molar-refractivity contribution in [3.8, 4) is 5.69 Å². The highest BCUT2D eigenvalue weighted by Gasteiger charge is 2.23. The highest BCUT2D eigenvalue weighted by Crippen LogP contribution is 2.35. The smallest absolute Gasteiger partial charge is 0.267 e. The molecule has 2 aromatic heterocycles. The van der Waals surface area contributed by atoms with E-state index in [9.17, 15) is 13.2 Å². The standard InChI is InChI=1S/C20H22N2O3S3/c1-13-7-9-14(10-8-13)22-19(23)17-15-5-3-4-6-16(15)27-18(17)21-20(22)26-11-12-28(2,24)25/h7-10H,3-6,11-12H2,1-2H3. The van der Waals surface area contributed by atoms with Crippen LogP contribution in [0.25, 0.3) is 15.9 Å². The largest absolute Gasteiger partial charge is 0.268 e. The highest BCUT2D eigenvalue weighted by molar-refractivity contribution is 8.00. The zero-order valence-electron chi connectivity index (χ0n) is 15.9. The molecule has 0 fully saturated rings. The first-order valence-electron chi connectivity index (χ1n) is 9.28. The maximum absolute atomic E-state index is 13.5. The maximum Gasteiger partial charge on any atom is 0.267 e. The fourth-order valence-corrected chi connectivity index (χ4v) is 7.00. The lowest BCUT2D eigenvalue weighted by molar-refractivity contribution is 0.603. The first-order valence-corrected chi connectivity index (χ1v) is 13.1. The molecule has 0 N–H and O–H groups in total. The fourth-order valence-electron chi connectivity index (χ4n) is 3.49. The van der Waals surface area contributed by atoms with Gasteiger partial charge in [0.05, 0.1) is 16.8 Å². The second kappa shape index (κ2) is 7.65. The molecule has 0 bridgehead atoms. The number of hydrogen-bond acceptors (Lipinski definition) is 6. The Hall–Kier alpha value is -1.64. The number of sulfone groups is 1. The van der Waals surface area contributed by atoms with Crippen molar-refractivity contribution in [2.45, 2.75) is 37.8 Å². The molecule has 0 spiro atoms. The van der Waals surface area contributed by atoms with Gasteiger partial charge in [0.2, 0.25) is 0 Å². The van der Waals surface area contributed by atoms with Gasteiger partial charge in [-0.3, -0.25) is 9.36 Å². The zero-order chi connectivity index (χ0) is 19.9. The van der Waals surface area contributed by atoms with Crippen LogP contribution < -0.4 is 5.56 Å². The first kappa shape index (κ1) is 19.7. The number of aryl methyl sites for hydroxylation is 3. The topological polar surface area (TPSA) is 69.0 Å². The molecule has 0 saturated heterocycles. The van der Waals surface area contributed by atoms with Gasteiger partial charge in [0, 0.05) is 16.9 Å². The van der Waals surface area contributed by atoms with Gasteiger partial charge in [0.25, 0.3) is 5.56 Å². The van der Waals surface area contributed by atoms with E-state index in [-0.39, 0.29) is 11.3 Å². The van der Waals surface area contributed by atoms with Crippen LogP contribution in [0.1, 0.15) is 28.8 Å². The SMILES string of the molecule is Cc1ccc(-n2c(SCCS(C)(=O)=O)nc3sc4c(c3c2=O)CCCC4)cc1. The molecule has 0 atom stereocenters. The summed E-state index contributed by atoms with van der Waals surface area (Å²) in [7, 11) is -3.07. The lowest BCUT2D eigenvalue weighted by Crippen LogP contribution is -2.22. The molecule has 3 aromatic rings. The summed E-state index contributed by atoms with van der Waals surface area (Å²) in [6.45, 7) is 2.00. The third-order valence-corrected chi connectivity index (χ3v) is 8.27. The number of thiophene rings is 1. The van der Waals surface area contributed by atoms with Crippen LogP contribution in [0.15, 0.2) is 34.2 Å². The Morgan fingerprint density at radius 3 is 2.61 bits per heavy atom. The summed E-state index contributed by atoms with van der Waals surface area (Å²) in [5.74, 6) is 0.425. The molecule has 2 heterocycles. The van der Waals surface area contributed by atoms with Crippen molar-refractivity contribution >= 4 is 43.2 Å². The van der Waals surface area contributed by atoms with E-state index in [0.717, 1.165) is 52.7 Å². The van der Waals surface area contributed by atoms with Crippen molar-refractivity contribution in [1.82, 2.24) is 9.55 Å². The van der Waals surface area contributed by atoms with Gasteiger partial charge in [0.15, 0.2) is 5.16 Å². The fraction of sp³-hybridized carbons (Fsp3) is 0.400. The molecule has 0 unspecified atom stereocenters. The van der Waals surface area contributed by atoms with Gasteiger partial charge in [0.1, 0.15) is 14.7 Å². The van der Waals surface area contributed by atoms with E-state index in [1.165, 1.54) is 22.9 Å². The Bertz CT molecular complexity index is 1190. The van der Waals surface area contributed by atoms with Crippen molar-refractivity contribution in [2.24, 2.45) is 0 Å². The minimum absolute atomic E-state index is 0.0462. The van der Waals surface area contributed by atoms with Gasteiger partial charge in [-0.05, 0) is 50.3 Å². The molecular weight excluding hydrogens is 412 g/mol. The highest BCUT2D eigenvalue weighted by atomic mass is 32.2. The zero-order valence-corrected chi connectivity index (χ0v) is 18.3. The summed E-state index contributed by atoms with van der Waals surface area (Å²) in [4.78, 5) is 20.4. The number of hydrogen-bond donors (Lipinski definition) is 0. The van der Waals surface area contributed by atoms with E-state index >= 15 is 0 Å². The lowest BCUT2D eigenvalue weighted by Gasteiger charge is -2.13. The predicted octanol–water partition coefficient (Wildman–Crippen LogP) is 3.77. The molecule has 4 rings (SSSR count). The van der Waals surface area contributed by atoms with Crippen LogP contribution in [0.3, 0.4) is 0 Å². The Labute approximate surface area is 172 Å². The number of thioether (sulfide) groups is 1. The van der Waals surface area contributed by atoms with Gasteiger partial charge in [-0.15, -0.1) is 11.3 Å². The molecule has 8 heteroatoms. The van der Waals surface area contributed by atoms with Gasteiger partial charge in [-0.1, -0.05) is 29.5 Å². The minimum atomic E-state index is -3.07. The van der Waals surface area contributed by atoms with E-state index in [1.54, 1.807) is 15.9 Å². The predicted molar refractivity (Wildman–Crippen MR) is 117 cm³/mol. The third-order valence-electron chi connectivity index (χ3n) is 4.94. The molecule has 5 nitrogen and oxygen atoms in total. The van der Waals surface area contributed by atoms with E-state index in [2.05, 4.69) is 0 Å². The van der Waals surface area contributed by atoms with Gasteiger partial charge < -0.3 is 0 Å². The van der Waals surface area contributed by atoms with E-state index in [4.69, 9.17) is 4.98 Å². The summed E-state index contributed by atoms with van der Waals surface area (Å²) in [5.41, 5.74) is 3.00. The normalized spacial score (nSPS) is 14.4. The molecule has 148 valence electrons. The first-order chi connectivity index (χ1) is 13.3. The Balaban J connectivity index is 1.88. The average Bonchev–Trinajstić information content (AvgIpc) is 3.00. The Morgan fingerprint density at radius 1 is 1.18 bits per heavy atom. The Kier molecular flexibility index (Phi) is 5.37. The summed E-state index contributed by atoms with van der Waals surface area (Å²) >= 11 is 2.94. The number of rotatable bonds is 5. The third kappa shape index (κ3) is 3.90. The summed E-state index contributed by atoms with van der Waals surface area (Å²) in [6.07, 6.45) is 5.43. The van der Waals surface area contributed by atoms with Crippen LogP contribution in [0, 0.1) is 6.92 Å². The van der Waals surface area contributed by atoms with Crippen LogP contribution in [0.5, 0.6) is 0 Å². The molecule has 28 heavy (non-hydrogen) atoms. The van der Waals surface area contributed by atoms with Crippen LogP contribution in [0.4, 0.5) is 0 Å². The second-order valence-corrected chi connectivity index (χ2v) is 11.6. The van der Waals surface area contributed by atoms with E-state index in [1.807, 2.05) is 31.2 Å². The summed E-state index contributed by atoms with van der Waals surface area (Å²) in [6, 6.07) is 7.79. The molecule has 1 aliphatic carbocycles. The lowest BCUT2D eigenvalue weighted by atomic mass is 9.97. The molecule has 0 saturated carbocycles. The van der Waals surface area contributed by atoms with Crippen molar-refractivity contribution < 1.29 is 8.42 Å². The number of nitrogens with zero attached hydrogens (tertiary/aromatic N) is 2. The van der Waals surface area contributed by atoms with Crippen LogP contribution in [0.2, 0.25) is 0 Å². The van der Waals surface area contributed by atoms with Crippen molar-refractivity contribution in [3.05, 3.63) is 50.6 Å². The van der Waals surface area contributed by atoms with Crippen molar-refractivity contribution in [3.63, 3.8) is 0 Å². The number of aromatic nitrogens is 2. The van der Waals surface area contributed by atoms with E-state index in [0.29, 0.717) is 10.9 Å². The van der Waals surface area contributed by atoms with Crippen LogP contribution >= 0.6 is 23.1 Å². The van der Waals surface area contributed by atoms with Crippen LogP contribution in [-0.4, -0.2) is 35.7 Å². The van der Waals surface area contributed by atoms with Gasteiger partial charge in [-0.25, -0.2) is 13.4 Å². The number of benzene rings is 1. The molecule has 0 aliphatic heterocycles. The summed E-state index contributed by atoms with van der Waals surface area (Å²) < 4.78 is 24.7. The molecule has 1 aromatic carbocycles. The Morgan fingerprint density at radius 2 is 1.89 bits per heavy atom. The van der Waals surface area contributed by atoms with Gasteiger partial charge >= 0.3 is 0 Å². The monoisotopic (exact) mass is 434 g/mol. The molecule has 0 radical (unpaired) electrons. The van der Waals surface area contributed by atoms with Crippen LogP contribution in [-0.2, 0) is 22.7 Å².